The maximum Gasteiger partial charge on any atom is 0.0899 e. The summed E-state index contributed by atoms with van der Waals surface area (Å²) in [6.07, 6.45) is 4.88. The Balaban J connectivity index is 0.000000132. The van der Waals surface area contributed by atoms with E-state index in [1.165, 1.54) is 23.0 Å². The highest BCUT2D eigenvalue weighted by molar-refractivity contribution is 8.79. The van der Waals surface area contributed by atoms with Crippen LogP contribution in [-0.4, -0.2) is 58.7 Å². The van der Waals surface area contributed by atoms with E-state index in [-0.39, 0.29) is 0 Å². The van der Waals surface area contributed by atoms with Crippen molar-refractivity contribution < 1.29 is 4.74 Å². The van der Waals surface area contributed by atoms with Crippen molar-refractivity contribution in [2.75, 3.05) is 42.1 Å². The molecule has 0 aromatic rings. The summed E-state index contributed by atoms with van der Waals surface area (Å²) in [6, 6.07) is 0. The zero-order chi connectivity index (χ0) is 12.5. The van der Waals surface area contributed by atoms with Crippen molar-refractivity contribution in [2.45, 2.75) is 23.5 Å². The van der Waals surface area contributed by atoms with E-state index in [0.717, 1.165) is 17.1 Å². The molecule has 0 radical (unpaired) electrons. The van der Waals surface area contributed by atoms with Crippen LogP contribution in [0, 0.1) is 0 Å². The molecule has 0 aromatic heterocycles. The Morgan fingerprint density at radius 3 is 1.82 bits per heavy atom. The van der Waals surface area contributed by atoms with E-state index in [2.05, 4.69) is 19.4 Å². The summed E-state index contributed by atoms with van der Waals surface area (Å²) >= 11 is 5.82. The molecule has 3 fully saturated rings. The lowest BCUT2D eigenvalue weighted by atomic mass is 10.5. The van der Waals surface area contributed by atoms with Crippen molar-refractivity contribution in [1.29, 1.82) is 0 Å². The van der Waals surface area contributed by atoms with Crippen molar-refractivity contribution in [2.24, 2.45) is 0 Å². The monoisotopic (exact) mass is 330 g/mol. The summed E-state index contributed by atoms with van der Waals surface area (Å²) in [6.45, 7) is 3.24. The van der Waals surface area contributed by atoms with E-state index >= 15 is 0 Å². The van der Waals surface area contributed by atoms with Gasteiger partial charge >= 0.3 is 0 Å². The fourth-order valence-electron chi connectivity index (χ4n) is 0.872. The standard InChI is InChI=1S/C4H8OS.C4H8S3.C3H6S/c1-6-3-4-2-5-4;1-5-2-4-3-6-7-4;1-3-2-4-3/h4H,2-3H2,1H3;4H,2-3H2,1H3;3H,2H2,1H3. The summed E-state index contributed by atoms with van der Waals surface area (Å²) in [5, 5.41) is 1.97. The normalized spacial score (nSPS) is 32.3. The van der Waals surface area contributed by atoms with E-state index in [9.17, 15) is 0 Å². The van der Waals surface area contributed by atoms with Gasteiger partial charge in [-0.2, -0.15) is 35.3 Å². The smallest absolute Gasteiger partial charge is 0.0899 e. The van der Waals surface area contributed by atoms with Crippen LogP contribution in [0.3, 0.4) is 0 Å². The lowest BCUT2D eigenvalue weighted by Crippen LogP contribution is -2.14. The summed E-state index contributed by atoms with van der Waals surface area (Å²) < 4.78 is 4.93. The fraction of sp³-hybridized carbons (Fsp3) is 1.00. The minimum absolute atomic E-state index is 0.611. The van der Waals surface area contributed by atoms with E-state index in [0.29, 0.717) is 6.10 Å². The van der Waals surface area contributed by atoms with Gasteiger partial charge in [-0.25, -0.2) is 0 Å². The SMILES string of the molecule is CC1CS1.CSCC1CO1.CSCC1CSS1. The van der Waals surface area contributed by atoms with Gasteiger partial charge in [0.2, 0.25) is 0 Å². The Morgan fingerprint density at radius 2 is 1.71 bits per heavy atom. The third kappa shape index (κ3) is 11.3. The summed E-state index contributed by atoms with van der Waals surface area (Å²) in [5.74, 6) is 5.31. The zero-order valence-corrected chi connectivity index (χ0v) is 14.8. The Kier molecular flexibility index (Phi) is 10.3. The number of hydrogen-bond donors (Lipinski definition) is 0. The van der Waals surface area contributed by atoms with Crippen molar-refractivity contribution in [3.8, 4) is 0 Å². The molecule has 3 aliphatic rings. The lowest BCUT2D eigenvalue weighted by Gasteiger charge is -2.21. The number of thioether (sulfide) groups is 3. The van der Waals surface area contributed by atoms with Crippen molar-refractivity contribution in [3.05, 3.63) is 0 Å². The summed E-state index contributed by atoms with van der Waals surface area (Å²) in [7, 11) is 4.01. The van der Waals surface area contributed by atoms with Gasteiger partial charge in [-0.05, 0) is 12.5 Å². The molecular formula is C11H22OS5. The molecule has 102 valence electrons. The molecule has 0 aromatic carbocycles. The molecule has 3 atom stereocenters. The first kappa shape index (κ1) is 16.8. The molecule has 1 nitrogen and oxygen atoms in total. The lowest BCUT2D eigenvalue weighted by molar-refractivity contribution is 0.426. The Labute approximate surface area is 127 Å². The molecule has 3 saturated heterocycles. The molecule has 6 heteroatoms. The van der Waals surface area contributed by atoms with Crippen LogP contribution < -0.4 is 0 Å². The van der Waals surface area contributed by atoms with Crippen LogP contribution in [0.25, 0.3) is 0 Å². The van der Waals surface area contributed by atoms with Crippen LogP contribution in [0.2, 0.25) is 0 Å². The molecule has 3 aliphatic heterocycles. The van der Waals surface area contributed by atoms with Gasteiger partial charge in [0.1, 0.15) is 0 Å². The van der Waals surface area contributed by atoms with Gasteiger partial charge in [0.05, 0.1) is 12.7 Å². The number of epoxide rings is 1. The van der Waals surface area contributed by atoms with Crippen LogP contribution in [0.4, 0.5) is 0 Å². The minimum atomic E-state index is 0.611. The molecule has 0 spiro atoms. The predicted octanol–water partition coefficient (Wildman–Crippen LogP) is 3.98. The van der Waals surface area contributed by atoms with Crippen LogP contribution in [0.5, 0.6) is 0 Å². The Bertz CT molecular complexity index is 181. The second-order valence-corrected chi connectivity index (χ2v) is 10.0. The predicted molar refractivity (Wildman–Crippen MR) is 92.3 cm³/mol. The first-order chi connectivity index (χ1) is 8.26. The highest BCUT2D eigenvalue weighted by Crippen LogP contribution is 2.41. The van der Waals surface area contributed by atoms with Crippen molar-refractivity contribution in [3.63, 3.8) is 0 Å². The highest BCUT2D eigenvalue weighted by Gasteiger charge is 2.20. The molecule has 0 saturated carbocycles. The molecule has 0 aliphatic carbocycles. The molecule has 0 amide bonds. The van der Waals surface area contributed by atoms with E-state index in [1.54, 1.807) is 0 Å². The summed E-state index contributed by atoms with van der Waals surface area (Å²) in [5.41, 5.74) is 0. The fourth-order valence-corrected chi connectivity index (χ4v) is 4.83. The van der Waals surface area contributed by atoms with Crippen LogP contribution >= 0.6 is 56.9 Å². The average molecular weight is 331 g/mol. The van der Waals surface area contributed by atoms with Gasteiger partial charge < -0.3 is 4.74 Å². The van der Waals surface area contributed by atoms with Gasteiger partial charge in [-0.1, -0.05) is 28.5 Å². The first-order valence-electron chi connectivity index (χ1n) is 5.75. The maximum atomic E-state index is 4.93. The number of hydrogen-bond acceptors (Lipinski definition) is 6. The number of rotatable bonds is 4. The van der Waals surface area contributed by atoms with Gasteiger partial charge in [-0.3, -0.25) is 0 Å². The van der Waals surface area contributed by atoms with Crippen molar-refractivity contribution >= 4 is 56.9 Å². The topological polar surface area (TPSA) is 12.5 Å². The van der Waals surface area contributed by atoms with Crippen LogP contribution in [0.1, 0.15) is 6.92 Å². The molecule has 17 heavy (non-hydrogen) atoms. The van der Waals surface area contributed by atoms with E-state index in [1.807, 2.05) is 56.9 Å². The van der Waals surface area contributed by atoms with Gasteiger partial charge in [-0.15, -0.1) is 0 Å². The highest BCUT2D eigenvalue weighted by atomic mass is 33.1. The second kappa shape index (κ2) is 10.5. The molecule has 0 N–H and O–H groups in total. The Morgan fingerprint density at radius 1 is 1.18 bits per heavy atom. The van der Waals surface area contributed by atoms with Crippen LogP contribution in [-0.2, 0) is 4.74 Å². The van der Waals surface area contributed by atoms with E-state index in [4.69, 9.17) is 4.74 Å². The largest absolute Gasteiger partial charge is 0.372 e. The summed E-state index contributed by atoms with van der Waals surface area (Å²) in [4.78, 5) is 0. The van der Waals surface area contributed by atoms with Gasteiger partial charge in [0.25, 0.3) is 0 Å². The average Bonchev–Trinajstić information content (AvgIpc) is 3.13. The number of ether oxygens (including phenoxy) is 1. The van der Waals surface area contributed by atoms with Crippen LogP contribution in [0.15, 0.2) is 0 Å². The molecule has 0 bridgehead atoms. The minimum Gasteiger partial charge on any atom is -0.372 e. The quantitative estimate of drug-likeness (QED) is 0.567. The molecule has 3 rings (SSSR count). The first-order valence-corrected chi connectivity index (χ1v) is 12.0. The molecule has 3 heterocycles. The third-order valence-corrected chi connectivity index (χ3v) is 7.84. The molecule has 3 unspecified atom stereocenters. The van der Waals surface area contributed by atoms with E-state index < -0.39 is 0 Å². The van der Waals surface area contributed by atoms with Crippen molar-refractivity contribution in [1.82, 2.24) is 0 Å². The van der Waals surface area contributed by atoms with Gasteiger partial charge in [0.15, 0.2) is 0 Å². The second-order valence-electron chi connectivity index (χ2n) is 4.01. The van der Waals surface area contributed by atoms with Gasteiger partial charge in [0, 0.05) is 33.5 Å². The third-order valence-electron chi connectivity index (χ3n) is 2.07. The zero-order valence-electron chi connectivity index (χ0n) is 10.7. The maximum absolute atomic E-state index is 4.93. The molecular weight excluding hydrogens is 308 g/mol. The Hall–Kier alpha value is 1.71.